The van der Waals surface area contributed by atoms with Gasteiger partial charge >= 0.3 is 5.97 Å². The molecule has 33 heavy (non-hydrogen) atoms. The van der Waals surface area contributed by atoms with Gasteiger partial charge in [-0.15, -0.1) is 11.8 Å². The van der Waals surface area contributed by atoms with E-state index in [1.807, 2.05) is 25.1 Å². The fourth-order valence-corrected chi connectivity index (χ4v) is 5.23. The summed E-state index contributed by atoms with van der Waals surface area (Å²) in [7, 11) is 0. The summed E-state index contributed by atoms with van der Waals surface area (Å²) in [5.41, 5.74) is 5.24. The molecule has 0 radical (unpaired) electrons. The van der Waals surface area contributed by atoms with Gasteiger partial charge in [0, 0.05) is 41.0 Å². The number of unbranched alkanes of at least 4 members (excludes halogenated alkanes) is 1. The molecule has 0 unspecified atom stereocenters. The zero-order valence-corrected chi connectivity index (χ0v) is 21.0. The first-order valence-electron chi connectivity index (χ1n) is 11.1. The number of pyridine rings is 1. The standard InChI is InChI=1S/C24H29Cl2N3O3S/c1-2-3-14-32-23(31)24(27,16-17-7-8-18(25)15-20(17)26)22(30)29-12-9-19(10-13-29)33-21-6-4-5-11-28-21/h4-8,11,15,19H,2-3,9-10,12-14,16,27H2,1H3/t24-/m1/s1. The molecular formula is C24H29Cl2N3O3S. The van der Waals surface area contributed by atoms with Crippen LogP contribution in [0.3, 0.4) is 0 Å². The molecule has 3 rings (SSSR count). The van der Waals surface area contributed by atoms with Crippen LogP contribution in [0.2, 0.25) is 10.0 Å². The Hall–Kier alpha value is -1.80. The number of esters is 1. The number of thioether (sulfide) groups is 1. The first-order valence-corrected chi connectivity index (χ1v) is 12.7. The normalized spacial score (nSPS) is 16.3. The predicted molar refractivity (Wildman–Crippen MR) is 133 cm³/mol. The Labute approximate surface area is 209 Å². The number of piperidine rings is 1. The Morgan fingerprint density at radius 1 is 1.24 bits per heavy atom. The average Bonchev–Trinajstić information content (AvgIpc) is 2.81. The summed E-state index contributed by atoms with van der Waals surface area (Å²) in [6, 6.07) is 10.8. The minimum atomic E-state index is -1.85. The van der Waals surface area contributed by atoms with Crippen molar-refractivity contribution in [3.63, 3.8) is 0 Å². The lowest BCUT2D eigenvalue weighted by molar-refractivity contribution is -0.158. The SMILES string of the molecule is CCCCOC(=O)[C@@](N)(Cc1ccc(Cl)cc1Cl)C(=O)N1CCC(Sc2ccccn2)CC1. The van der Waals surface area contributed by atoms with Gasteiger partial charge in [0.25, 0.3) is 5.91 Å². The Balaban J connectivity index is 1.72. The molecule has 0 aliphatic carbocycles. The van der Waals surface area contributed by atoms with Gasteiger partial charge in [0.1, 0.15) is 0 Å². The van der Waals surface area contributed by atoms with Gasteiger partial charge in [0.15, 0.2) is 5.54 Å². The van der Waals surface area contributed by atoms with Crippen molar-refractivity contribution >= 4 is 46.8 Å². The van der Waals surface area contributed by atoms with Gasteiger partial charge < -0.3 is 15.4 Å². The summed E-state index contributed by atoms with van der Waals surface area (Å²) in [6.07, 6.45) is 4.85. The number of nitrogens with zero attached hydrogens (tertiary/aromatic N) is 2. The number of hydrogen-bond donors (Lipinski definition) is 1. The Kier molecular flexibility index (Phi) is 9.44. The van der Waals surface area contributed by atoms with Crippen LogP contribution < -0.4 is 5.73 Å². The van der Waals surface area contributed by atoms with E-state index in [-0.39, 0.29) is 13.0 Å². The van der Waals surface area contributed by atoms with E-state index in [4.69, 9.17) is 33.7 Å². The van der Waals surface area contributed by atoms with E-state index in [0.29, 0.717) is 40.4 Å². The average molecular weight is 510 g/mol. The number of carbonyl (C=O) groups excluding carboxylic acids is 2. The number of halogens is 2. The van der Waals surface area contributed by atoms with Gasteiger partial charge in [-0.25, -0.2) is 9.78 Å². The molecule has 9 heteroatoms. The molecule has 1 aliphatic heterocycles. The zero-order chi connectivity index (χ0) is 23.8. The minimum Gasteiger partial charge on any atom is -0.464 e. The highest BCUT2D eigenvalue weighted by Gasteiger charge is 2.47. The second-order valence-electron chi connectivity index (χ2n) is 8.15. The maximum absolute atomic E-state index is 13.6. The summed E-state index contributed by atoms with van der Waals surface area (Å²) in [5.74, 6) is -1.16. The summed E-state index contributed by atoms with van der Waals surface area (Å²) in [6.45, 7) is 3.24. The monoisotopic (exact) mass is 509 g/mol. The third-order valence-electron chi connectivity index (χ3n) is 5.62. The highest BCUT2D eigenvalue weighted by molar-refractivity contribution is 7.99. The van der Waals surface area contributed by atoms with Crippen LogP contribution in [0, 0.1) is 0 Å². The highest BCUT2D eigenvalue weighted by atomic mass is 35.5. The second-order valence-corrected chi connectivity index (χ2v) is 10.3. The minimum absolute atomic E-state index is 0.0601. The van der Waals surface area contributed by atoms with Crippen molar-refractivity contribution in [2.45, 2.75) is 54.8 Å². The molecule has 1 aromatic heterocycles. The zero-order valence-electron chi connectivity index (χ0n) is 18.6. The number of likely N-dealkylation sites (tertiary alicyclic amines) is 1. The molecule has 178 valence electrons. The first kappa shape index (κ1) is 25.8. The molecule has 1 fully saturated rings. The molecule has 0 saturated carbocycles. The molecule has 0 bridgehead atoms. The summed E-state index contributed by atoms with van der Waals surface area (Å²) in [4.78, 5) is 32.6. The van der Waals surface area contributed by atoms with Crippen LogP contribution >= 0.6 is 35.0 Å². The number of aromatic nitrogens is 1. The number of benzene rings is 1. The fourth-order valence-electron chi connectivity index (χ4n) is 3.68. The van der Waals surface area contributed by atoms with Crippen molar-refractivity contribution in [1.82, 2.24) is 9.88 Å². The van der Waals surface area contributed by atoms with Gasteiger partial charge in [-0.1, -0.05) is 48.7 Å². The number of ether oxygens (including phenoxy) is 1. The lowest BCUT2D eigenvalue weighted by atomic mass is 9.89. The topological polar surface area (TPSA) is 85.5 Å². The third kappa shape index (κ3) is 6.85. The molecular weight excluding hydrogens is 481 g/mol. The van der Waals surface area contributed by atoms with Gasteiger partial charge in [-0.05, 0) is 49.1 Å². The first-order chi connectivity index (χ1) is 15.8. The van der Waals surface area contributed by atoms with Crippen molar-refractivity contribution in [2.24, 2.45) is 5.73 Å². The van der Waals surface area contributed by atoms with Crippen LogP contribution in [0.1, 0.15) is 38.2 Å². The smallest absolute Gasteiger partial charge is 0.336 e. The molecule has 1 aromatic carbocycles. The quantitative estimate of drug-likeness (QED) is 0.298. The van der Waals surface area contributed by atoms with Gasteiger partial charge in [0.05, 0.1) is 11.6 Å². The maximum Gasteiger partial charge on any atom is 0.336 e. The van der Waals surface area contributed by atoms with E-state index in [1.54, 1.807) is 41.1 Å². The predicted octanol–water partition coefficient (Wildman–Crippen LogP) is 4.76. The van der Waals surface area contributed by atoms with E-state index in [2.05, 4.69) is 4.98 Å². The fraction of sp³-hybridized carbons (Fsp3) is 0.458. The van der Waals surface area contributed by atoms with Crippen molar-refractivity contribution in [2.75, 3.05) is 19.7 Å². The Bertz CT molecular complexity index is 955. The molecule has 1 saturated heterocycles. The molecule has 1 aliphatic rings. The van der Waals surface area contributed by atoms with Gasteiger partial charge in [0.2, 0.25) is 0 Å². The van der Waals surface area contributed by atoms with E-state index in [1.165, 1.54) is 0 Å². The van der Waals surface area contributed by atoms with Crippen molar-refractivity contribution in [3.8, 4) is 0 Å². The molecule has 2 aromatic rings. The molecule has 0 spiro atoms. The van der Waals surface area contributed by atoms with E-state index >= 15 is 0 Å². The Morgan fingerprint density at radius 3 is 2.64 bits per heavy atom. The number of hydrogen-bond acceptors (Lipinski definition) is 6. The number of amides is 1. The highest BCUT2D eigenvalue weighted by Crippen LogP contribution is 2.31. The van der Waals surface area contributed by atoms with Crippen LogP contribution in [0.5, 0.6) is 0 Å². The largest absolute Gasteiger partial charge is 0.464 e. The van der Waals surface area contributed by atoms with Crippen molar-refractivity contribution in [3.05, 3.63) is 58.2 Å². The van der Waals surface area contributed by atoms with Gasteiger partial charge in [-0.2, -0.15) is 0 Å². The molecule has 1 amide bonds. The summed E-state index contributed by atoms with van der Waals surface area (Å²) >= 11 is 14.0. The molecule has 2 N–H and O–H groups in total. The van der Waals surface area contributed by atoms with E-state index in [9.17, 15) is 9.59 Å². The van der Waals surface area contributed by atoms with Crippen LogP contribution in [-0.2, 0) is 20.7 Å². The van der Waals surface area contributed by atoms with E-state index < -0.39 is 17.4 Å². The van der Waals surface area contributed by atoms with Crippen LogP contribution in [0.4, 0.5) is 0 Å². The number of carbonyl (C=O) groups is 2. The molecule has 2 heterocycles. The second kappa shape index (κ2) is 12.1. The van der Waals surface area contributed by atoms with Crippen LogP contribution in [-0.4, -0.2) is 52.2 Å². The third-order valence-corrected chi connectivity index (χ3v) is 7.49. The summed E-state index contributed by atoms with van der Waals surface area (Å²) in [5, 5.41) is 2.14. The van der Waals surface area contributed by atoms with E-state index in [0.717, 1.165) is 24.3 Å². The summed E-state index contributed by atoms with van der Waals surface area (Å²) < 4.78 is 5.40. The lowest BCUT2D eigenvalue weighted by Gasteiger charge is -2.37. The van der Waals surface area contributed by atoms with Crippen LogP contribution in [0.15, 0.2) is 47.6 Å². The number of rotatable bonds is 9. The Morgan fingerprint density at radius 2 is 2.00 bits per heavy atom. The lowest BCUT2D eigenvalue weighted by Crippen LogP contribution is -2.63. The van der Waals surface area contributed by atoms with Crippen LogP contribution in [0.25, 0.3) is 0 Å². The number of nitrogens with two attached hydrogens (primary N) is 1. The molecule has 6 nitrogen and oxygen atoms in total. The van der Waals surface area contributed by atoms with Crippen molar-refractivity contribution in [1.29, 1.82) is 0 Å². The van der Waals surface area contributed by atoms with Crippen molar-refractivity contribution < 1.29 is 14.3 Å². The van der Waals surface area contributed by atoms with Gasteiger partial charge in [-0.3, -0.25) is 4.79 Å². The maximum atomic E-state index is 13.6. The molecule has 1 atom stereocenters.